The summed E-state index contributed by atoms with van der Waals surface area (Å²) in [7, 11) is 0. The van der Waals surface area contributed by atoms with Crippen LogP contribution < -0.4 is 0 Å². The maximum Gasteiger partial charge on any atom is 0.224 e. The molecule has 1 aliphatic heterocycles. The Balaban J connectivity index is 2.11. The highest BCUT2D eigenvalue weighted by atomic mass is 16.2. The molecule has 0 N–H and O–H groups in total. The molecule has 1 saturated heterocycles. The molecule has 1 aliphatic carbocycles. The molecule has 2 atom stereocenters. The highest BCUT2D eigenvalue weighted by Crippen LogP contribution is 2.33. The molecule has 3 heteroatoms. The minimum atomic E-state index is -0.0805. The smallest absolute Gasteiger partial charge is 0.224 e. The number of rotatable bonds is 1. The van der Waals surface area contributed by atoms with Crippen LogP contribution in [0.5, 0.6) is 0 Å². The quantitative estimate of drug-likeness (QED) is 0.634. The van der Waals surface area contributed by atoms with Crippen LogP contribution >= 0.6 is 0 Å². The molecule has 3 nitrogen and oxygen atoms in total. The lowest BCUT2D eigenvalue weighted by Crippen LogP contribution is -2.40. The molecule has 2 fully saturated rings. The van der Waals surface area contributed by atoms with Crippen LogP contribution in [0.2, 0.25) is 0 Å². The first-order valence-corrected chi connectivity index (χ1v) is 5.45. The number of carbonyl (C=O) groups excluding carboxylic acids is 1. The van der Waals surface area contributed by atoms with Crippen molar-refractivity contribution in [2.24, 2.45) is 5.92 Å². The van der Waals surface area contributed by atoms with E-state index in [1.807, 2.05) is 11.8 Å². The van der Waals surface area contributed by atoms with E-state index in [1.165, 1.54) is 12.8 Å². The summed E-state index contributed by atoms with van der Waals surface area (Å²) < 4.78 is 0. The molecule has 14 heavy (non-hydrogen) atoms. The first-order chi connectivity index (χ1) is 6.74. The van der Waals surface area contributed by atoms with Crippen LogP contribution in [0.3, 0.4) is 0 Å². The first-order valence-electron chi connectivity index (χ1n) is 5.45. The second kappa shape index (κ2) is 3.61. The molecule has 0 aromatic rings. The Morgan fingerprint density at radius 3 is 2.57 bits per heavy atom. The second-order valence-electron chi connectivity index (χ2n) is 4.42. The fraction of sp³-hybridized carbons (Fsp3) is 0.818. The van der Waals surface area contributed by atoms with Crippen molar-refractivity contribution in [3.63, 3.8) is 0 Å². The molecule has 1 heterocycles. The normalized spacial score (nSPS) is 33.7. The highest BCUT2D eigenvalue weighted by molar-refractivity contribution is 5.80. The van der Waals surface area contributed by atoms with Crippen LogP contribution in [-0.4, -0.2) is 22.9 Å². The van der Waals surface area contributed by atoms with E-state index < -0.39 is 0 Å². The van der Waals surface area contributed by atoms with Crippen molar-refractivity contribution in [3.8, 4) is 6.07 Å². The van der Waals surface area contributed by atoms with Gasteiger partial charge in [-0.05, 0) is 19.8 Å². The Bertz CT molecular complexity index is 276. The van der Waals surface area contributed by atoms with Gasteiger partial charge in [0.05, 0.1) is 12.0 Å². The van der Waals surface area contributed by atoms with Crippen LogP contribution in [0.1, 0.15) is 39.0 Å². The van der Waals surface area contributed by atoms with Gasteiger partial charge in [0, 0.05) is 18.5 Å². The number of carbonyl (C=O) groups is 1. The predicted molar refractivity (Wildman–Crippen MR) is 52.3 cm³/mol. The molecule has 1 saturated carbocycles. The monoisotopic (exact) mass is 192 g/mol. The van der Waals surface area contributed by atoms with E-state index in [-0.39, 0.29) is 17.9 Å². The van der Waals surface area contributed by atoms with Crippen molar-refractivity contribution < 1.29 is 4.79 Å². The maximum atomic E-state index is 11.7. The molecular weight excluding hydrogens is 176 g/mol. The Morgan fingerprint density at radius 2 is 2.07 bits per heavy atom. The Kier molecular flexibility index (Phi) is 2.45. The minimum Gasteiger partial charge on any atom is -0.336 e. The van der Waals surface area contributed by atoms with Crippen molar-refractivity contribution in [1.29, 1.82) is 5.26 Å². The van der Waals surface area contributed by atoms with E-state index in [1.54, 1.807) is 0 Å². The third kappa shape index (κ3) is 1.39. The van der Waals surface area contributed by atoms with Crippen LogP contribution in [0.4, 0.5) is 0 Å². The molecular formula is C11H16N2O. The molecule has 0 aromatic heterocycles. The van der Waals surface area contributed by atoms with Gasteiger partial charge in [-0.1, -0.05) is 12.8 Å². The van der Waals surface area contributed by atoms with Crippen LogP contribution in [0.25, 0.3) is 0 Å². The summed E-state index contributed by atoms with van der Waals surface area (Å²) in [5.74, 6) is 0.110. The van der Waals surface area contributed by atoms with Gasteiger partial charge >= 0.3 is 0 Å². The predicted octanol–water partition coefficient (Wildman–Crippen LogP) is 1.69. The van der Waals surface area contributed by atoms with Gasteiger partial charge in [0.25, 0.3) is 0 Å². The van der Waals surface area contributed by atoms with Gasteiger partial charge in [0.2, 0.25) is 5.91 Å². The number of hydrogen-bond donors (Lipinski definition) is 0. The first kappa shape index (κ1) is 9.51. The average Bonchev–Trinajstić information content (AvgIpc) is 2.74. The van der Waals surface area contributed by atoms with E-state index in [4.69, 9.17) is 5.26 Å². The average molecular weight is 192 g/mol. The molecule has 1 amide bonds. The fourth-order valence-electron chi connectivity index (χ4n) is 2.76. The highest BCUT2D eigenvalue weighted by Gasteiger charge is 2.41. The number of nitriles is 1. The van der Waals surface area contributed by atoms with Crippen LogP contribution in [0, 0.1) is 17.2 Å². The Morgan fingerprint density at radius 1 is 1.43 bits per heavy atom. The summed E-state index contributed by atoms with van der Waals surface area (Å²) in [6, 6.07) is 2.80. The lowest BCUT2D eigenvalue weighted by Gasteiger charge is -2.29. The third-order valence-electron chi connectivity index (χ3n) is 3.59. The summed E-state index contributed by atoms with van der Waals surface area (Å²) >= 11 is 0. The summed E-state index contributed by atoms with van der Waals surface area (Å²) in [6.07, 6.45) is 5.17. The van der Waals surface area contributed by atoms with E-state index in [2.05, 4.69) is 6.07 Å². The number of hydrogen-bond acceptors (Lipinski definition) is 2. The van der Waals surface area contributed by atoms with E-state index in [0.29, 0.717) is 12.5 Å². The van der Waals surface area contributed by atoms with Crippen molar-refractivity contribution in [3.05, 3.63) is 0 Å². The molecule has 0 radical (unpaired) electrons. The van der Waals surface area contributed by atoms with Crippen molar-refractivity contribution >= 4 is 5.91 Å². The molecule has 76 valence electrons. The second-order valence-corrected chi connectivity index (χ2v) is 4.42. The maximum absolute atomic E-state index is 11.7. The standard InChI is InChI=1S/C11H16N2O/c1-8-9(7-12)6-11(14)13(8)10-4-2-3-5-10/h8-10H,2-6H2,1H3. The topological polar surface area (TPSA) is 44.1 Å². The van der Waals surface area contributed by atoms with Crippen molar-refractivity contribution in [2.75, 3.05) is 0 Å². The summed E-state index contributed by atoms with van der Waals surface area (Å²) in [4.78, 5) is 13.7. The molecule has 0 spiro atoms. The number of likely N-dealkylation sites (tertiary alicyclic amines) is 1. The minimum absolute atomic E-state index is 0.0805. The van der Waals surface area contributed by atoms with E-state index in [0.717, 1.165) is 12.8 Å². The van der Waals surface area contributed by atoms with Gasteiger partial charge in [-0.25, -0.2) is 0 Å². The SMILES string of the molecule is CC1C(C#N)CC(=O)N1C1CCCC1. The van der Waals surface area contributed by atoms with Gasteiger partial charge in [-0.3, -0.25) is 4.79 Å². The van der Waals surface area contributed by atoms with E-state index in [9.17, 15) is 4.79 Å². The zero-order valence-electron chi connectivity index (χ0n) is 8.57. The summed E-state index contributed by atoms with van der Waals surface area (Å²) in [5.41, 5.74) is 0. The van der Waals surface area contributed by atoms with Gasteiger partial charge in [-0.2, -0.15) is 5.26 Å². The zero-order chi connectivity index (χ0) is 10.1. The summed E-state index contributed by atoms with van der Waals surface area (Å²) in [5, 5.41) is 8.89. The third-order valence-corrected chi connectivity index (χ3v) is 3.59. The Hall–Kier alpha value is -1.04. The van der Waals surface area contributed by atoms with Crippen LogP contribution in [-0.2, 0) is 4.79 Å². The van der Waals surface area contributed by atoms with Gasteiger partial charge in [0.1, 0.15) is 0 Å². The lowest BCUT2D eigenvalue weighted by atomic mass is 10.0. The molecule has 2 aliphatic rings. The number of amides is 1. The molecule has 2 unspecified atom stereocenters. The lowest BCUT2D eigenvalue weighted by molar-refractivity contribution is -0.130. The molecule has 0 bridgehead atoms. The van der Waals surface area contributed by atoms with Crippen LogP contribution in [0.15, 0.2) is 0 Å². The van der Waals surface area contributed by atoms with Gasteiger partial charge in [-0.15, -0.1) is 0 Å². The molecule has 0 aromatic carbocycles. The van der Waals surface area contributed by atoms with Gasteiger partial charge < -0.3 is 4.90 Å². The molecule has 2 rings (SSSR count). The Labute approximate surface area is 84.7 Å². The van der Waals surface area contributed by atoms with E-state index >= 15 is 0 Å². The zero-order valence-corrected chi connectivity index (χ0v) is 8.57. The van der Waals surface area contributed by atoms with Gasteiger partial charge in [0.15, 0.2) is 0 Å². The number of nitrogens with zero attached hydrogens (tertiary/aromatic N) is 2. The van der Waals surface area contributed by atoms with Crippen molar-refractivity contribution in [1.82, 2.24) is 4.90 Å². The van der Waals surface area contributed by atoms with Crippen molar-refractivity contribution in [2.45, 2.75) is 51.1 Å². The largest absolute Gasteiger partial charge is 0.336 e. The summed E-state index contributed by atoms with van der Waals surface area (Å²) in [6.45, 7) is 2.01. The fourth-order valence-corrected chi connectivity index (χ4v) is 2.76.